The molecule has 0 radical (unpaired) electrons. The van der Waals surface area contributed by atoms with E-state index in [1.165, 1.54) is 38.0 Å². The Morgan fingerprint density at radius 1 is 1.05 bits per heavy atom. The molecule has 2 aliphatic rings. The van der Waals surface area contributed by atoms with Crippen molar-refractivity contribution in [3.63, 3.8) is 0 Å². The Labute approximate surface area is 115 Å². The average molecular weight is 260 g/mol. The fraction of sp³-hybridized carbons (Fsp3) is 0.667. The lowest BCUT2D eigenvalue weighted by Gasteiger charge is -2.35. The molecule has 1 atom stereocenters. The van der Waals surface area contributed by atoms with E-state index in [1.54, 1.807) is 0 Å². The minimum atomic E-state index is 0.703. The van der Waals surface area contributed by atoms with Crippen LogP contribution in [0.15, 0.2) is 24.5 Å². The van der Waals surface area contributed by atoms with Crippen molar-refractivity contribution in [2.75, 3.05) is 38.1 Å². The molecule has 19 heavy (non-hydrogen) atoms. The van der Waals surface area contributed by atoms with Crippen molar-refractivity contribution in [3.8, 4) is 0 Å². The van der Waals surface area contributed by atoms with Gasteiger partial charge in [0.15, 0.2) is 0 Å². The molecule has 2 fully saturated rings. The van der Waals surface area contributed by atoms with Crippen LogP contribution in [0.1, 0.15) is 19.3 Å². The molecule has 4 nitrogen and oxygen atoms in total. The number of nitrogens with one attached hydrogen (secondary N) is 1. The normalized spacial score (nSPS) is 25.9. The molecule has 4 heteroatoms. The highest BCUT2D eigenvalue weighted by Crippen LogP contribution is 2.20. The molecule has 3 rings (SSSR count). The van der Waals surface area contributed by atoms with Gasteiger partial charge in [-0.2, -0.15) is 0 Å². The second kappa shape index (κ2) is 5.88. The fourth-order valence-electron chi connectivity index (χ4n) is 3.26. The minimum absolute atomic E-state index is 0.703. The second-order valence-electron chi connectivity index (χ2n) is 5.88. The van der Waals surface area contributed by atoms with Crippen LogP contribution in [0.2, 0.25) is 0 Å². The van der Waals surface area contributed by atoms with Crippen LogP contribution in [0.25, 0.3) is 0 Å². The van der Waals surface area contributed by atoms with Gasteiger partial charge in [-0.25, -0.2) is 0 Å². The van der Waals surface area contributed by atoms with Gasteiger partial charge in [0.25, 0.3) is 0 Å². The first-order chi connectivity index (χ1) is 9.31. The summed E-state index contributed by atoms with van der Waals surface area (Å²) in [5.74, 6) is 0. The van der Waals surface area contributed by atoms with Gasteiger partial charge in [-0.15, -0.1) is 0 Å². The lowest BCUT2D eigenvalue weighted by molar-refractivity contribution is 0.350. The molecule has 0 amide bonds. The van der Waals surface area contributed by atoms with Crippen LogP contribution in [-0.4, -0.2) is 55.2 Å². The van der Waals surface area contributed by atoms with E-state index in [0.29, 0.717) is 12.1 Å². The van der Waals surface area contributed by atoms with Gasteiger partial charge in [0.2, 0.25) is 0 Å². The van der Waals surface area contributed by atoms with Gasteiger partial charge in [-0.05, 0) is 45.0 Å². The van der Waals surface area contributed by atoms with E-state index in [4.69, 9.17) is 0 Å². The zero-order valence-electron chi connectivity index (χ0n) is 11.8. The van der Waals surface area contributed by atoms with Crippen molar-refractivity contribution in [1.29, 1.82) is 0 Å². The molecule has 2 aliphatic heterocycles. The van der Waals surface area contributed by atoms with E-state index in [-0.39, 0.29) is 0 Å². The summed E-state index contributed by atoms with van der Waals surface area (Å²) in [6.07, 6.45) is 7.58. The molecule has 1 aromatic heterocycles. The van der Waals surface area contributed by atoms with E-state index < -0.39 is 0 Å². The number of aromatic nitrogens is 1. The zero-order valence-corrected chi connectivity index (χ0v) is 11.8. The molecule has 2 saturated heterocycles. The third-order valence-electron chi connectivity index (χ3n) is 4.39. The number of likely N-dealkylation sites (tertiary alicyclic amines) is 1. The number of pyridine rings is 1. The predicted octanol–water partition coefficient (Wildman–Crippen LogP) is 1.34. The van der Waals surface area contributed by atoms with E-state index in [9.17, 15) is 0 Å². The second-order valence-corrected chi connectivity index (χ2v) is 5.88. The first-order valence-electron chi connectivity index (χ1n) is 7.41. The van der Waals surface area contributed by atoms with E-state index in [0.717, 1.165) is 13.1 Å². The summed E-state index contributed by atoms with van der Waals surface area (Å²) in [4.78, 5) is 8.98. The quantitative estimate of drug-likeness (QED) is 0.889. The van der Waals surface area contributed by atoms with Crippen LogP contribution in [0.3, 0.4) is 0 Å². The number of anilines is 1. The molecular weight excluding hydrogens is 236 g/mol. The molecular formula is C15H24N4. The lowest BCUT2D eigenvalue weighted by Crippen LogP contribution is -2.46. The number of rotatable bonds is 3. The summed E-state index contributed by atoms with van der Waals surface area (Å²) in [6.45, 7) is 4.77. The number of hydrogen-bond acceptors (Lipinski definition) is 4. The Kier molecular flexibility index (Phi) is 3.99. The smallest absolute Gasteiger partial charge is 0.0397 e. The molecule has 1 unspecified atom stereocenters. The first kappa shape index (κ1) is 12.9. The van der Waals surface area contributed by atoms with Crippen LogP contribution >= 0.6 is 0 Å². The van der Waals surface area contributed by atoms with Gasteiger partial charge in [-0.3, -0.25) is 4.98 Å². The Hall–Kier alpha value is -1.13. The van der Waals surface area contributed by atoms with Gasteiger partial charge in [-0.1, -0.05) is 0 Å². The number of likely N-dealkylation sites (N-methyl/N-ethyl adjacent to an activating group) is 1. The fourth-order valence-corrected chi connectivity index (χ4v) is 3.26. The van der Waals surface area contributed by atoms with Crippen molar-refractivity contribution in [2.24, 2.45) is 0 Å². The molecule has 0 saturated carbocycles. The van der Waals surface area contributed by atoms with Crippen LogP contribution < -0.4 is 10.2 Å². The molecule has 104 valence electrons. The predicted molar refractivity (Wildman–Crippen MR) is 78.5 cm³/mol. The highest BCUT2D eigenvalue weighted by Gasteiger charge is 2.25. The standard InChI is InChI=1S/C15H24N4/c1-18-9-4-14(12-18)17-13-5-10-19(11-6-13)15-2-7-16-8-3-15/h2-3,7-8,13-14,17H,4-6,9-12H2,1H3. The van der Waals surface area contributed by atoms with Crippen molar-refractivity contribution in [3.05, 3.63) is 24.5 Å². The van der Waals surface area contributed by atoms with Crippen molar-refractivity contribution >= 4 is 5.69 Å². The molecule has 0 aliphatic carbocycles. The largest absolute Gasteiger partial charge is 0.371 e. The van der Waals surface area contributed by atoms with E-state index >= 15 is 0 Å². The molecule has 0 spiro atoms. The molecule has 1 N–H and O–H groups in total. The zero-order chi connectivity index (χ0) is 13.1. The van der Waals surface area contributed by atoms with Crippen molar-refractivity contribution in [2.45, 2.75) is 31.3 Å². The Balaban J connectivity index is 1.47. The minimum Gasteiger partial charge on any atom is -0.371 e. The summed E-state index contributed by atoms with van der Waals surface area (Å²) in [6, 6.07) is 5.64. The third kappa shape index (κ3) is 3.25. The molecule has 0 bridgehead atoms. The summed E-state index contributed by atoms with van der Waals surface area (Å²) in [5.41, 5.74) is 1.31. The van der Waals surface area contributed by atoms with Crippen LogP contribution in [0, 0.1) is 0 Å². The topological polar surface area (TPSA) is 31.4 Å². The number of nitrogens with zero attached hydrogens (tertiary/aromatic N) is 3. The SMILES string of the molecule is CN1CCC(NC2CCN(c3ccncc3)CC2)C1. The Bertz CT molecular complexity index is 386. The maximum atomic E-state index is 4.09. The maximum Gasteiger partial charge on any atom is 0.0397 e. The summed E-state index contributed by atoms with van der Waals surface area (Å²) < 4.78 is 0. The van der Waals surface area contributed by atoms with E-state index in [2.05, 4.69) is 39.3 Å². The summed E-state index contributed by atoms with van der Waals surface area (Å²) in [5, 5.41) is 3.84. The number of hydrogen-bond donors (Lipinski definition) is 1. The molecule has 1 aromatic rings. The van der Waals surface area contributed by atoms with Crippen molar-refractivity contribution < 1.29 is 0 Å². The lowest BCUT2D eigenvalue weighted by atomic mass is 10.0. The van der Waals surface area contributed by atoms with Gasteiger partial charge in [0.1, 0.15) is 0 Å². The van der Waals surface area contributed by atoms with E-state index in [1.807, 2.05) is 12.4 Å². The Morgan fingerprint density at radius 2 is 1.74 bits per heavy atom. The van der Waals surface area contributed by atoms with Crippen LogP contribution in [0.4, 0.5) is 5.69 Å². The highest BCUT2D eigenvalue weighted by atomic mass is 15.2. The molecule has 3 heterocycles. The van der Waals surface area contributed by atoms with Gasteiger partial charge in [0.05, 0.1) is 0 Å². The van der Waals surface area contributed by atoms with Crippen LogP contribution in [-0.2, 0) is 0 Å². The summed E-state index contributed by atoms with van der Waals surface area (Å²) in [7, 11) is 2.22. The van der Waals surface area contributed by atoms with Gasteiger partial charge >= 0.3 is 0 Å². The third-order valence-corrected chi connectivity index (χ3v) is 4.39. The average Bonchev–Trinajstić information content (AvgIpc) is 2.86. The first-order valence-corrected chi connectivity index (χ1v) is 7.41. The van der Waals surface area contributed by atoms with Crippen molar-refractivity contribution in [1.82, 2.24) is 15.2 Å². The number of piperidine rings is 1. The summed E-state index contributed by atoms with van der Waals surface area (Å²) >= 11 is 0. The maximum absolute atomic E-state index is 4.09. The van der Waals surface area contributed by atoms with Gasteiger partial charge in [0, 0.05) is 49.8 Å². The Morgan fingerprint density at radius 3 is 2.37 bits per heavy atom. The monoisotopic (exact) mass is 260 g/mol. The van der Waals surface area contributed by atoms with Gasteiger partial charge < -0.3 is 15.1 Å². The molecule has 0 aromatic carbocycles. The van der Waals surface area contributed by atoms with Crippen LogP contribution in [0.5, 0.6) is 0 Å². The highest BCUT2D eigenvalue weighted by molar-refractivity contribution is 5.44.